The fourth-order valence-electron chi connectivity index (χ4n) is 1.60. The van der Waals surface area contributed by atoms with E-state index in [4.69, 9.17) is 0 Å². The Morgan fingerprint density at radius 1 is 1.40 bits per heavy atom. The van der Waals surface area contributed by atoms with Gasteiger partial charge in [-0.15, -0.1) is 11.3 Å². The monoisotopic (exact) mass is 298 g/mol. The summed E-state index contributed by atoms with van der Waals surface area (Å²) in [5.74, 6) is -2.68. The number of hydrogen-bond acceptors (Lipinski definition) is 4. The third-order valence-corrected chi connectivity index (χ3v) is 3.68. The minimum atomic E-state index is -0.874. The molecular formula is C13H12F2N2O2S. The Labute approximate surface area is 118 Å². The third-order valence-electron chi connectivity index (χ3n) is 2.54. The molecule has 20 heavy (non-hydrogen) atoms. The van der Waals surface area contributed by atoms with Crippen molar-refractivity contribution in [2.24, 2.45) is 0 Å². The number of methoxy groups -OCH3 is 1. The molecule has 0 unspecified atom stereocenters. The summed E-state index contributed by atoms with van der Waals surface area (Å²) < 4.78 is 31.6. The number of hydrogen-bond donors (Lipinski definition) is 1. The molecule has 1 aromatic carbocycles. The van der Waals surface area contributed by atoms with Gasteiger partial charge in [-0.3, -0.25) is 4.79 Å². The van der Waals surface area contributed by atoms with Gasteiger partial charge in [0.25, 0.3) is 5.91 Å². The summed E-state index contributed by atoms with van der Waals surface area (Å²) in [5.41, 5.74) is 0.0252. The molecule has 0 bridgehead atoms. The SMILES string of the molecule is CCc1ncc(C(=O)Nc2cc(F)c(OC)c(F)c2)s1. The van der Waals surface area contributed by atoms with Gasteiger partial charge in [-0.05, 0) is 6.42 Å². The molecule has 7 heteroatoms. The van der Waals surface area contributed by atoms with Crippen molar-refractivity contribution in [3.63, 3.8) is 0 Å². The van der Waals surface area contributed by atoms with E-state index in [0.717, 1.165) is 23.6 Å². The minimum absolute atomic E-state index is 0.0252. The van der Waals surface area contributed by atoms with Crippen LogP contribution < -0.4 is 10.1 Å². The average Bonchev–Trinajstić information content (AvgIpc) is 2.87. The van der Waals surface area contributed by atoms with Gasteiger partial charge in [0, 0.05) is 17.8 Å². The number of halogens is 2. The molecule has 0 aliphatic heterocycles. The quantitative estimate of drug-likeness (QED) is 0.942. The maximum atomic E-state index is 13.5. The Morgan fingerprint density at radius 3 is 2.55 bits per heavy atom. The molecule has 1 amide bonds. The number of ether oxygens (including phenoxy) is 1. The van der Waals surface area contributed by atoms with E-state index in [1.807, 2.05) is 6.92 Å². The van der Waals surface area contributed by atoms with Gasteiger partial charge < -0.3 is 10.1 Å². The maximum absolute atomic E-state index is 13.5. The van der Waals surface area contributed by atoms with E-state index < -0.39 is 23.3 Å². The molecule has 1 heterocycles. The molecule has 0 radical (unpaired) electrons. The molecule has 1 N–H and O–H groups in total. The number of rotatable bonds is 4. The Bertz CT molecular complexity index is 620. The van der Waals surface area contributed by atoms with Crippen molar-refractivity contribution >= 4 is 22.9 Å². The molecule has 1 aromatic heterocycles. The van der Waals surface area contributed by atoms with Gasteiger partial charge in [-0.2, -0.15) is 0 Å². The lowest BCUT2D eigenvalue weighted by atomic mass is 10.2. The van der Waals surface area contributed by atoms with Gasteiger partial charge in [-0.25, -0.2) is 13.8 Å². The summed E-state index contributed by atoms with van der Waals surface area (Å²) in [7, 11) is 1.17. The Morgan fingerprint density at radius 2 is 2.05 bits per heavy atom. The number of benzene rings is 1. The van der Waals surface area contributed by atoms with Gasteiger partial charge >= 0.3 is 0 Å². The first-order valence-corrected chi connectivity index (χ1v) is 6.66. The first-order chi connectivity index (χ1) is 9.55. The molecular weight excluding hydrogens is 286 g/mol. The van der Waals surface area contributed by atoms with E-state index >= 15 is 0 Å². The van der Waals surface area contributed by atoms with Crippen molar-refractivity contribution in [2.45, 2.75) is 13.3 Å². The number of amides is 1. The number of nitrogens with zero attached hydrogens (tertiary/aromatic N) is 1. The molecule has 2 aromatic rings. The predicted octanol–water partition coefficient (Wildman–Crippen LogP) is 3.24. The topological polar surface area (TPSA) is 51.2 Å². The Hall–Kier alpha value is -2.02. The zero-order valence-corrected chi connectivity index (χ0v) is 11.7. The highest BCUT2D eigenvalue weighted by molar-refractivity contribution is 7.13. The van der Waals surface area contributed by atoms with Crippen LogP contribution in [0.4, 0.5) is 14.5 Å². The minimum Gasteiger partial charge on any atom is -0.491 e. The molecule has 2 rings (SSSR count). The predicted molar refractivity (Wildman–Crippen MR) is 72.4 cm³/mol. The van der Waals surface area contributed by atoms with Gasteiger partial charge in [0.05, 0.1) is 18.3 Å². The average molecular weight is 298 g/mol. The van der Waals surface area contributed by atoms with E-state index in [9.17, 15) is 13.6 Å². The van der Waals surface area contributed by atoms with Gasteiger partial charge in [0.1, 0.15) is 4.88 Å². The fourth-order valence-corrected chi connectivity index (χ4v) is 2.35. The first-order valence-electron chi connectivity index (χ1n) is 5.84. The molecule has 4 nitrogen and oxygen atoms in total. The third kappa shape index (κ3) is 2.93. The van der Waals surface area contributed by atoms with Crippen molar-refractivity contribution < 1.29 is 18.3 Å². The number of carbonyl (C=O) groups excluding carboxylic acids is 1. The number of anilines is 1. The Kier molecular flexibility index (Phi) is 4.29. The van der Waals surface area contributed by atoms with Crippen LogP contribution in [-0.4, -0.2) is 18.0 Å². The molecule has 0 fully saturated rings. The molecule has 0 saturated heterocycles. The molecule has 0 aliphatic rings. The summed E-state index contributed by atoms with van der Waals surface area (Å²) in [6.07, 6.45) is 2.17. The van der Waals surface area contributed by atoms with Gasteiger partial charge in [0.15, 0.2) is 17.4 Å². The van der Waals surface area contributed by atoms with E-state index in [1.165, 1.54) is 24.6 Å². The standard InChI is InChI=1S/C13H12F2N2O2S/c1-3-11-16-6-10(20-11)13(18)17-7-4-8(14)12(19-2)9(15)5-7/h4-6H,3H2,1-2H3,(H,17,18). The fraction of sp³-hybridized carbons (Fsp3) is 0.231. The lowest BCUT2D eigenvalue weighted by molar-refractivity contribution is 0.103. The van der Waals surface area contributed by atoms with E-state index in [1.54, 1.807) is 0 Å². The van der Waals surface area contributed by atoms with Crippen LogP contribution in [0.3, 0.4) is 0 Å². The van der Waals surface area contributed by atoms with Crippen LogP contribution in [0.15, 0.2) is 18.3 Å². The molecule has 0 saturated carbocycles. The van der Waals surface area contributed by atoms with Crippen LogP contribution in [0.5, 0.6) is 5.75 Å². The van der Waals surface area contributed by atoms with Crippen molar-refractivity contribution in [3.05, 3.63) is 39.8 Å². The van der Waals surface area contributed by atoms with Crippen LogP contribution in [0.1, 0.15) is 21.6 Å². The second kappa shape index (κ2) is 5.96. The lowest BCUT2D eigenvalue weighted by Crippen LogP contribution is -2.11. The molecule has 0 spiro atoms. The van der Waals surface area contributed by atoms with Gasteiger partial charge in [0.2, 0.25) is 0 Å². The summed E-state index contributed by atoms with van der Waals surface area (Å²) in [5, 5.41) is 3.25. The second-order valence-electron chi connectivity index (χ2n) is 3.90. The zero-order valence-electron chi connectivity index (χ0n) is 10.9. The highest BCUT2D eigenvalue weighted by Crippen LogP contribution is 2.26. The second-order valence-corrected chi connectivity index (χ2v) is 5.01. The van der Waals surface area contributed by atoms with E-state index in [0.29, 0.717) is 4.88 Å². The number of aryl methyl sites for hydroxylation is 1. The van der Waals surface area contributed by atoms with E-state index in [2.05, 4.69) is 15.0 Å². The van der Waals surface area contributed by atoms with Crippen LogP contribution >= 0.6 is 11.3 Å². The lowest BCUT2D eigenvalue weighted by Gasteiger charge is -2.07. The van der Waals surface area contributed by atoms with Crippen LogP contribution in [0.25, 0.3) is 0 Å². The molecule has 0 atom stereocenters. The van der Waals surface area contributed by atoms with Crippen molar-refractivity contribution in [1.82, 2.24) is 4.98 Å². The first kappa shape index (κ1) is 14.4. The largest absolute Gasteiger partial charge is 0.491 e. The highest BCUT2D eigenvalue weighted by atomic mass is 32.1. The van der Waals surface area contributed by atoms with Crippen molar-refractivity contribution in [2.75, 3.05) is 12.4 Å². The van der Waals surface area contributed by atoms with Crippen LogP contribution in [0.2, 0.25) is 0 Å². The normalized spacial score (nSPS) is 10.4. The van der Waals surface area contributed by atoms with Crippen LogP contribution in [0, 0.1) is 11.6 Å². The van der Waals surface area contributed by atoms with Crippen molar-refractivity contribution in [3.8, 4) is 5.75 Å². The molecule has 0 aliphatic carbocycles. The number of carbonyl (C=O) groups is 1. The van der Waals surface area contributed by atoms with Crippen LogP contribution in [-0.2, 0) is 6.42 Å². The molecule has 106 valence electrons. The highest BCUT2D eigenvalue weighted by Gasteiger charge is 2.15. The number of aromatic nitrogens is 1. The maximum Gasteiger partial charge on any atom is 0.267 e. The summed E-state index contributed by atoms with van der Waals surface area (Å²) in [6, 6.07) is 2.00. The van der Waals surface area contributed by atoms with Crippen molar-refractivity contribution in [1.29, 1.82) is 0 Å². The number of nitrogens with one attached hydrogen (secondary N) is 1. The number of thiazole rings is 1. The summed E-state index contributed by atoms with van der Waals surface area (Å²) in [4.78, 5) is 16.3. The van der Waals surface area contributed by atoms with Gasteiger partial charge in [-0.1, -0.05) is 6.92 Å². The zero-order chi connectivity index (χ0) is 14.7. The summed E-state index contributed by atoms with van der Waals surface area (Å²) >= 11 is 1.24. The summed E-state index contributed by atoms with van der Waals surface area (Å²) in [6.45, 7) is 1.93. The van der Waals surface area contributed by atoms with E-state index in [-0.39, 0.29) is 5.69 Å². The Balaban J connectivity index is 2.19. The smallest absolute Gasteiger partial charge is 0.267 e.